The van der Waals surface area contributed by atoms with Gasteiger partial charge in [-0.25, -0.2) is 0 Å². The van der Waals surface area contributed by atoms with Crippen molar-refractivity contribution in [1.82, 2.24) is 0 Å². The van der Waals surface area contributed by atoms with Crippen molar-refractivity contribution in [2.45, 2.75) is 44.9 Å². The maximum Gasteiger partial charge on any atom is 0.310 e. The van der Waals surface area contributed by atoms with Crippen LogP contribution in [-0.4, -0.2) is 22.1 Å². The van der Waals surface area contributed by atoms with Crippen molar-refractivity contribution in [3.05, 3.63) is 24.3 Å². The van der Waals surface area contributed by atoms with Gasteiger partial charge in [0, 0.05) is 18.2 Å². The smallest absolute Gasteiger partial charge is 0.310 e. The Hall–Kier alpha value is -2.04. The van der Waals surface area contributed by atoms with Crippen LogP contribution in [0, 0.1) is 5.41 Å². The fourth-order valence-electron chi connectivity index (χ4n) is 2.97. The largest absolute Gasteiger partial charge is 0.508 e. The lowest BCUT2D eigenvalue weighted by molar-refractivity contribution is -0.152. The molecule has 0 bridgehead atoms. The van der Waals surface area contributed by atoms with Gasteiger partial charge in [-0.2, -0.15) is 0 Å². The van der Waals surface area contributed by atoms with E-state index in [0.29, 0.717) is 18.5 Å². The summed E-state index contributed by atoms with van der Waals surface area (Å²) in [7, 11) is 0. The lowest BCUT2D eigenvalue weighted by Crippen LogP contribution is -2.35. The van der Waals surface area contributed by atoms with Gasteiger partial charge in [0.25, 0.3) is 0 Å². The average molecular weight is 291 g/mol. The van der Waals surface area contributed by atoms with E-state index in [0.717, 1.165) is 25.7 Å². The molecule has 5 heteroatoms. The first-order valence-electron chi connectivity index (χ1n) is 7.34. The maximum absolute atomic E-state index is 12.2. The number of carboxylic acids is 1. The topological polar surface area (TPSA) is 86.6 Å². The van der Waals surface area contributed by atoms with Crippen LogP contribution in [0.5, 0.6) is 5.75 Å². The number of hydrogen-bond donors (Lipinski definition) is 3. The third kappa shape index (κ3) is 3.97. The molecule has 114 valence electrons. The van der Waals surface area contributed by atoms with E-state index in [-0.39, 0.29) is 18.1 Å². The van der Waals surface area contributed by atoms with Gasteiger partial charge in [0.1, 0.15) is 5.75 Å². The molecular weight excluding hydrogens is 270 g/mol. The molecule has 1 aromatic carbocycles. The molecule has 0 aliphatic heterocycles. The number of carbonyl (C=O) groups excluding carboxylic acids is 1. The number of aromatic hydroxyl groups is 1. The molecule has 1 amide bonds. The summed E-state index contributed by atoms with van der Waals surface area (Å²) in [6.07, 6.45) is 4.85. The molecule has 0 unspecified atom stereocenters. The van der Waals surface area contributed by atoms with Gasteiger partial charge in [-0.05, 0) is 25.0 Å². The van der Waals surface area contributed by atoms with Gasteiger partial charge in [-0.3, -0.25) is 9.59 Å². The van der Waals surface area contributed by atoms with Crippen LogP contribution in [-0.2, 0) is 9.59 Å². The van der Waals surface area contributed by atoms with Crippen LogP contribution in [0.3, 0.4) is 0 Å². The molecule has 1 aromatic rings. The number of nitrogens with one attached hydrogen (secondary N) is 1. The van der Waals surface area contributed by atoms with E-state index in [4.69, 9.17) is 0 Å². The number of anilines is 1. The monoisotopic (exact) mass is 291 g/mol. The van der Waals surface area contributed by atoms with Crippen LogP contribution < -0.4 is 5.32 Å². The predicted molar refractivity (Wildman–Crippen MR) is 79.1 cm³/mol. The van der Waals surface area contributed by atoms with E-state index >= 15 is 0 Å². The Morgan fingerprint density at radius 1 is 1.14 bits per heavy atom. The van der Waals surface area contributed by atoms with Gasteiger partial charge >= 0.3 is 5.97 Å². The first kappa shape index (κ1) is 15.4. The number of carboxylic acid groups (broad SMARTS) is 1. The number of benzene rings is 1. The molecule has 1 aliphatic carbocycles. The molecule has 0 atom stereocenters. The van der Waals surface area contributed by atoms with Crippen LogP contribution in [0.2, 0.25) is 0 Å². The number of hydrogen-bond acceptors (Lipinski definition) is 3. The Bertz CT molecular complexity index is 519. The second-order valence-corrected chi connectivity index (χ2v) is 5.77. The van der Waals surface area contributed by atoms with E-state index in [1.165, 1.54) is 12.1 Å². The third-order valence-corrected chi connectivity index (χ3v) is 4.14. The molecule has 5 nitrogen and oxygen atoms in total. The van der Waals surface area contributed by atoms with Crippen LogP contribution >= 0.6 is 0 Å². The lowest BCUT2D eigenvalue weighted by atomic mass is 9.77. The van der Waals surface area contributed by atoms with Gasteiger partial charge in [-0.1, -0.05) is 31.7 Å². The van der Waals surface area contributed by atoms with E-state index in [9.17, 15) is 19.8 Å². The SMILES string of the molecule is O=C(CC1(C(=O)O)CCCCCC1)Nc1cccc(O)c1. The van der Waals surface area contributed by atoms with Crippen LogP contribution in [0.4, 0.5) is 5.69 Å². The minimum absolute atomic E-state index is 0.0159. The minimum atomic E-state index is -0.947. The van der Waals surface area contributed by atoms with Gasteiger partial charge in [-0.15, -0.1) is 0 Å². The van der Waals surface area contributed by atoms with E-state index in [1.807, 2.05) is 0 Å². The summed E-state index contributed by atoms with van der Waals surface area (Å²) in [6, 6.07) is 6.25. The Morgan fingerprint density at radius 2 is 1.81 bits per heavy atom. The normalized spacial score (nSPS) is 17.7. The second-order valence-electron chi connectivity index (χ2n) is 5.77. The first-order chi connectivity index (χ1) is 10.0. The molecule has 0 spiro atoms. The quantitative estimate of drug-likeness (QED) is 0.744. The van der Waals surface area contributed by atoms with E-state index in [2.05, 4.69) is 5.32 Å². The van der Waals surface area contributed by atoms with Gasteiger partial charge < -0.3 is 15.5 Å². The van der Waals surface area contributed by atoms with E-state index in [1.54, 1.807) is 12.1 Å². The van der Waals surface area contributed by atoms with Crippen molar-refractivity contribution < 1.29 is 19.8 Å². The zero-order valence-electron chi connectivity index (χ0n) is 12.0. The molecule has 0 heterocycles. The number of aliphatic carboxylic acids is 1. The minimum Gasteiger partial charge on any atom is -0.508 e. The first-order valence-corrected chi connectivity index (χ1v) is 7.34. The molecule has 1 saturated carbocycles. The predicted octanol–water partition coefficient (Wildman–Crippen LogP) is 3.15. The third-order valence-electron chi connectivity index (χ3n) is 4.14. The molecule has 0 aromatic heterocycles. The number of rotatable bonds is 4. The molecule has 21 heavy (non-hydrogen) atoms. The van der Waals surface area contributed by atoms with Crippen LogP contribution in [0.15, 0.2) is 24.3 Å². The summed E-state index contributed by atoms with van der Waals surface area (Å²) >= 11 is 0. The fourth-order valence-corrected chi connectivity index (χ4v) is 2.97. The average Bonchev–Trinajstić information content (AvgIpc) is 2.65. The second kappa shape index (κ2) is 6.61. The number of phenolic OH excluding ortho intramolecular Hbond substituents is 1. The van der Waals surface area contributed by atoms with Gasteiger partial charge in [0.15, 0.2) is 0 Å². The van der Waals surface area contributed by atoms with Crippen molar-refractivity contribution in [3.8, 4) is 5.75 Å². The Balaban J connectivity index is 2.06. The highest BCUT2D eigenvalue weighted by Crippen LogP contribution is 2.38. The van der Waals surface area contributed by atoms with Crippen molar-refractivity contribution >= 4 is 17.6 Å². The Labute approximate surface area is 124 Å². The molecule has 3 N–H and O–H groups in total. The number of carbonyl (C=O) groups is 2. The molecule has 2 rings (SSSR count). The van der Waals surface area contributed by atoms with Gasteiger partial charge in [0.05, 0.1) is 5.41 Å². The van der Waals surface area contributed by atoms with E-state index < -0.39 is 11.4 Å². The summed E-state index contributed by atoms with van der Waals surface area (Å²) in [5.41, 5.74) is -0.466. The zero-order valence-corrected chi connectivity index (χ0v) is 12.0. The van der Waals surface area contributed by atoms with Crippen LogP contribution in [0.1, 0.15) is 44.9 Å². The maximum atomic E-state index is 12.2. The highest BCUT2D eigenvalue weighted by molar-refractivity contribution is 5.94. The molecular formula is C16H21NO4. The fraction of sp³-hybridized carbons (Fsp3) is 0.500. The molecule has 0 radical (unpaired) electrons. The summed E-state index contributed by atoms with van der Waals surface area (Å²) < 4.78 is 0. The molecule has 1 fully saturated rings. The molecule has 1 aliphatic rings. The van der Waals surface area contributed by atoms with Crippen molar-refractivity contribution in [3.63, 3.8) is 0 Å². The zero-order chi connectivity index (χ0) is 15.3. The summed E-state index contributed by atoms with van der Waals surface area (Å²) in [4.78, 5) is 23.8. The van der Waals surface area contributed by atoms with Crippen molar-refractivity contribution in [1.29, 1.82) is 0 Å². The standard InChI is InChI=1S/C16H21NO4/c18-13-7-5-6-12(10-13)17-14(19)11-16(15(20)21)8-3-1-2-4-9-16/h5-7,10,18H,1-4,8-9,11H2,(H,17,19)(H,20,21). The van der Waals surface area contributed by atoms with Crippen LogP contribution in [0.25, 0.3) is 0 Å². The highest BCUT2D eigenvalue weighted by Gasteiger charge is 2.40. The lowest BCUT2D eigenvalue weighted by Gasteiger charge is -2.27. The number of amides is 1. The van der Waals surface area contributed by atoms with Crippen molar-refractivity contribution in [2.24, 2.45) is 5.41 Å². The molecule has 0 saturated heterocycles. The Kier molecular flexibility index (Phi) is 4.83. The highest BCUT2D eigenvalue weighted by atomic mass is 16.4. The Morgan fingerprint density at radius 3 is 2.38 bits per heavy atom. The van der Waals surface area contributed by atoms with Gasteiger partial charge in [0.2, 0.25) is 5.91 Å². The van der Waals surface area contributed by atoms with Crippen molar-refractivity contribution in [2.75, 3.05) is 5.32 Å². The number of phenols is 1. The summed E-state index contributed by atoms with van der Waals surface area (Å²) in [5.74, 6) is -1.13. The summed E-state index contributed by atoms with van der Waals surface area (Å²) in [5, 5.41) is 21.6. The summed E-state index contributed by atoms with van der Waals surface area (Å²) in [6.45, 7) is 0.